The number of hydrogen-bond donors (Lipinski definition) is 1. The first-order valence-corrected chi connectivity index (χ1v) is 6.49. The highest BCUT2D eigenvalue weighted by Crippen LogP contribution is 2.21. The van der Waals surface area contributed by atoms with E-state index in [0.29, 0.717) is 13.0 Å². The monoisotopic (exact) mass is 262 g/mol. The molecule has 1 atom stereocenters. The summed E-state index contributed by atoms with van der Waals surface area (Å²) in [5, 5.41) is 0. The summed E-state index contributed by atoms with van der Waals surface area (Å²) in [5.74, 6) is -0.201. The average molecular weight is 262 g/mol. The summed E-state index contributed by atoms with van der Waals surface area (Å²) in [6, 6.07) is 1.36. The van der Waals surface area contributed by atoms with Crippen LogP contribution in [0.15, 0.2) is 17.1 Å². The van der Waals surface area contributed by atoms with Crippen molar-refractivity contribution < 1.29 is 9.59 Å². The molecule has 0 radical (unpaired) electrons. The van der Waals surface area contributed by atoms with Crippen molar-refractivity contribution in [1.82, 2.24) is 9.88 Å². The Balaban J connectivity index is 2.23. The lowest BCUT2D eigenvalue weighted by Gasteiger charge is -2.23. The van der Waals surface area contributed by atoms with E-state index in [9.17, 15) is 14.4 Å². The fraction of sp³-hybridized carbons (Fsp3) is 0.500. The number of carbonyl (C=O) groups excluding carboxylic acids is 2. The molecular formula is C14H18N2O3. The third kappa shape index (κ3) is 2.92. The third-order valence-electron chi connectivity index (χ3n) is 3.45. The van der Waals surface area contributed by atoms with E-state index >= 15 is 0 Å². The molecule has 5 nitrogen and oxygen atoms in total. The van der Waals surface area contributed by atoms with Crippen LogP contribution >= 0.6 is 0 Å². The molecule has 1 N–H and O–H groups in total. The molecule has 5 heteroatoms. The molecule has 1 amide bonds. The van der Waals surface area contributed by atoms with Crippen LogP contribution in [0.1, 0.15) is 42.2 Å². The van der Waals surface area contributed by atoms with Crippen molar-refractivity contribution >= 4 is 11.7 Å². The van der Waals surface area contributed by atoms with E-state index < -0.39 is 0 Å². The van der Waals surface area contributed by atoms with Gasteiger partial charge in [-0.2, -0.15) is 0 Å². The van der Waals surface area contributed by atoms with Gasteiger partial charge in [-0.3, -0.25) is 14.4 Å². The second-order valence-corrected chi connectivity index (χ2v) is 5.09. The Morgan fingerprint density at radius 1 is 1.47 bits per heavy atom. The normalized spacial score (nSPS) is 18.6. The second-order valence-electron chi connectivity index (χ2n) is 5.09. The fourth-order valence-electron chi connectivity index (χ4n) is 2.54. The quantitative estimate of drug-likeness (QED) is 0.891. The lowest BCUT2D eigenvalue weighted by molar-refractivity contribution is -0.117. The zero-order valence-corrected chi connectivity index (χ0v) is 11.2. The topological polar surface area (TPSA) is 70.2 Å². The highest BCUT2D eigenvalue weighted by molar-refractivity contribution is 5.94. The van der Waals surface area contributed by atoms with Gasteiger partial charge in [0, 0.05) is 37.0 Å². The summed E-state index contributed by atoms with van der Waals surface area (Å²) in [6.07, 6.45) is 3.54. The van der Waals surface area contributed by atoms with Crippen LogP contribution in [0.4, 0.5) is 0 Å². The number of rotatable bonds is 3. The Kier molecular flexibility index (Phi) is 3.83. The number of pyridine rings is 1. The lowest BCUT2D eigenvalue weighted by Crippen LogP contribution is -2.38. The number of hydrogen-bond acceptors (Lipinski definition) is 3. The zero-order valence-electron chi connectivity index (χ0n) is 11.2. The number of Topliss-reactive ketones (excluding diaryl/α,β-unsaturated/α-hetero) is 1. The second kappa shape index (κ2) is 5.38. The molecule has 0 spiro atoms. The third-order valence-corrected chi connectivity index (χ3v) is 3.45. The molecular weight excluding hydrogens is 244 g/mol. The predicted molar refractivity (Wildman–Crippen MR) is 71.2 cm³/mol. The van der Waals surface area contributed by atoms with E-state index in [1.54, 1.807) is 11.8 Å². The molecule has 0 aliphatic carbocycles. The van der Waals surface area contributed by atoms with Crippen molar-refractivity contribution in [3.8, 4) is 0 Å². The molecule has 1 fully saturated rings. The number of ketones is 1. The van der Waals surface area contributed by atoms with Gasteiger partial charge in [0.05, 0.1) is 0 Å². The van der Waals surface area contributed by atoms with Crippen molar-refractivity contribution in [2.24, 2.45) is 0 Å². The van der Waals surface area contributed by atoms with Crippen LogP contribution in [0.5, 0.6) is 0 Å². The highest BCUT2D eigenvalue weighted by Gasteiger charge is 2.31. The van der Waals surface area contributed by atoms with Gasteiger partial charge in [0.1, 0.15) is 11.3 Å². The van der Waals surface area contributed by atoms with E-state index in [2.05, 4.69) is 4.98 Å². The molecule has 102 valence electrons. The van der Waals surface area contributed by atoms with E-state index in [4.69, 9.17) is 0 Å². The van der Waals surface area contributed by atoms with Crippen molar-refractivity contribution in [1.29, 1.82) is 0 Å². The summed E-state index contributed by atoms with van der Waals surface area (Å²) in [4.78, 5) is 39.9. The molecule has 0 aromatic carbocycles. The Bertz CT molecular complexity index is 562. The van der Waals surface area contributed by atoms with E-state index in [1.165, 1.54) is 19.2 Å². The first-order valence-electron chi connectivity index (χ1n) is 6.49. The fourth-order valence-corrected chi connectivity index (χ4v) is 2.54. The molecule has 1 aliphatic heterocycles. The largest absolute Gasteiger partial charge is 0.364 e. The van der Waals surface area contributed by atoms with Gasteiger partial charge in [0.25, 0.3) is 5.91 Å². The van der Waals surface area contributed by atoms with Crippen molar-refractivity contribution in [3.05, 3.63) is 33.7 Å². The summed E-state index contributed by atoms with van der Waals surface area (Å²) >= 11 is 0. The minimum atomic E-state index is -0.273. The minimum Gasteiger partial charge on any atom is -0.364 e. The number of nitrogens with zero attached hydrogens (tertiary/aromatic N) is 1. The standard InChI is InChI=1S/C14H18N2O3/c1-9-6-13(18)12(8-15-9)14(19)16-5-3-4-11(16)7-10(2)17/h6,8,11H,3-5,7H2,1-2H3,(H,15,18). The van der Waals surface area contributed by atoms with Gasteiger partial charge in [-0.25, -0.2) is 0 Å². The van der Waals surface area contributed by atoms with Gasteiger partial charge in [-0.1, -0.05) is 0 Å². The Morgan fingerprint density at radius 2 is 2.21 bits per heavy atom. The van der Waals surface area contributed by atoms with Gasteiger partial charge >= 0.3 is 0 Å². The van der Waals surface area contributed by atoms with Crippen LogP contribution in [-0.2, 0) is 4.79 Å². The lowest BCUT2D eigenvalue weighted by atomic mass is 10.1. The number of likely N-dealkylation sites (tertiary alicyclic amines) is 1. The number of H-pyrrole nitrogens is 1. The maximum absolute atomic E-state index is 12.4. The van der Waals surface area contributed by atoms with Crippen LogP contribution in [0.2, 0.25) is 0 Å². The first-order chi connectivity index (χ1) is 8.99. The minimum absolute atomic E-state index is 0.0642. The maximum Gasteiger partial charge on any atom is 0.259 e. The van der Waals surface area contributed by atoms with Crippen molar-refractivity contribution in [2.75, 3.05) is 6.54 Å². The van der Waals surface area contributed by atoms with E-state index in [0.717, 1.165) is 18.5 Å². The molecule has 1 saturated heterocycles. The van der Waals surface area contributed by atoms with Gasteiger partial charge in [-0.05, 0) is 26.7 Å². The summed E-state index contributed by atoms with van der Waals surface area (Å²) in [7, 11) is 0. The Hall–Kier alpha value is -1.91. The number of carbonyl (C=O) groups is 2. The SMILES string of the molecule is CC(=O)CC1CCCN1C(=O)c1c[nH]c(C)cc1=O. The van der Waals surface area contributed by atoms with Crippen LogP contribution in [0, 0.1) is 6.92 Å². The molecule has 2 rings (SSSR count). The number of aryl methyl sites for hydroxylation is 1. The number of aromatic nitrogens is 1. The smallest absolute Gasteiger partial charge is 0.259 e. The van der Waals surface area contributed by atoms with Crippen molar-refractivity contribution in [2.45, 2.75) is 39.2 Å². The Labute approximate surface area is 111 Å². The van der Waals surface area contributed by atoms with Crippen LogP contribution in [-0.4, -0.2) is 34.2 Å². The summed E-state index contributed by atoms with van der Waals surface area (Å²) in [5.41, 5.74) is 0.610. The van der Waals surface area contributed by atoms with Gasteiger partial charge in [0.2, 0.25) is 0 Å². The highest BCUT2D eigenvalue weighted by atomic mass is 16.2. The maximum atomic E-state index is 12.4. The summed E-state index contributed by atoms with van der Waals surface area (Å²) in [6.45, 7) is 3.91. The molecule has 19 heavy (non-hydrogen) atoms. The van der Waals surface area contributed by atoms with E-state index in [-0.39, 0.29) is 28.7 Å². The molecule has 0 saturated carbocycles. The summed E-state index contributed by atoms with van der Waals surface area (Å²) < 4.78 is 0. The molecule has 1 unspecified atom stereocenters. The molecule has 0 bridgehead atoms. The molecule has 1 aliphatic rings. The number of nitrogens with one attached hydrogen (secondary N) is 1. The Morgan fingerprint density at radius 3 is 2.84 bits per heavy atom. The van der Waals surface area contributed by atoms with Crippen molar-refractivity contribution in [3.63, 3.8) is 0 Å². The molecule has 1 aromatic heterocycles. The average Bonchev–Trinajstić information content (AvgIpc) is 2.75. The van der Waals surface area contributed by atoms with Crippen LogP contribution in [0.3, 0.4) is 0 Å². The first kappa shape index (κ1) is 13.5. The number of amides is 1. The van der Waals surface area contributed by atoms with Crippen LogP contribution < -0.4 is 5.43 Å². The van der Waals surface area contributed by atoms with Gasteiger partial charge < -0.3 is 9.88 Å². The van der Waals surface area contributed by atoms with Crippen LogP contribution in [0.25, 0.3) is 0 Å². The molecule has 2 heterocycles. The predicted octanol–water partition coefficient (Wildman–Crippen LogP) is 1.27. The zero-order chi connectivity index (χ0) is 14.0. The molecule has 1 aromatic rings. The van der Waals surface area contributed by atoms with Gasteiger partial charge in [-0.15, -0.1) is 0 Å². The van der Waals surface area contributed by atoms with E-state index in [1.807, 2.05) is 0 Å². The number of aromatic amines is 1. The van der Waals surface area contributed by atoms with Gasteiger partial charge in [0.15, 0.2) is 5.43 Å².